The summed E-state index contributed by atoms with van der Waals surface area (Å²) in [6.45, 7) is 1.85. The normalized spacial score (nSPS) is 13.8. The Bertz CT molecular complexity index is 1220. The van der Waals surface area contributed by atoms with Gasteiger partial charge in [0.25, 0.3) is 0 Å². The van der Waals surface area contributed by atoms with Gasteiger partial charge in [-0.15, -0.1) is 0 Å². The monoisotopic (exact) mass is 433 g/mol. The lowest BCUT2D eigenvalue weighted by Gasteiger charge is -2.40. The number of anilines is 3. The molecule has 0 atom stereocenters. The van der Waals surface area contributed by atoms with E-state index in [0.29, 0.717) is 39.7 Å². The van der Waals surface area contributed by atoms with Crippen LogP contribution in [0.1, 0.15) is 0 Å². The van der Waals surface area contributed by atoms with E-state index in [-0.39, 0.29) is 0 Å². The summed E-state index contributed by atoms with van der Waals surface area (Å²) < 4.78 is 5.74. The molecule has 0 unspecified atom stereocenters. The van der Waals surface area contributed by atoms with E-state index in [0.717, 1.165) is 24.4 Å². The standard InChI is InChI=1S/C22H20ClN7O/c1-24-15-11-30(12-15)19-8-7-18-20(29-19)21(27-13-26-18)28-14-9-17(23)22(25-10-14)31-16-5-3-2-4-6-16/h2-10,13,15,24H,11-12H2,1H3,(H,26,27,28). The highest BCUT2D eigenvalue weighted by molar-refractivity contribution is 6.32. The number of halogens is 1. The molecule has 4 heterocycles. The van der Waals surface area contributed by atoms with Crippen molar-refractivity contribution in [2.24, 2.45) is 0 Å². The average molecular weight is 434 g/mol. The number of aromatic nitrogens is 4. The van der Waals surface area contributed by atoms with E-state index in [9.17, 15) is 0 Å². The molecule has 156 valence electrons. The van der Waals surface area contributed by atoms with Gasteiger partial charge in [0, 0.05) is 19.1 Å². The number of rotatable bonds is 6. The number of benzene rings is 1. The van der Waals surface area contributed by atoms with Crippen molar-refractivity contribution in [3.05, 3.63) is 66.1 Å². The summed E-state index contributed by atoms with van der Waals surface area (Å²) in [6.07, 6.45) is 3.16. The second-order valence-electron chi connectivity index (χ2n) is 7.20. The molecule has 0 spiro atoms. The lowest BCUT2D eigenvalue weighted by molar-refractivity contribution is 0.447. The Balaban J connectivity index is 1.39. The van der Waals surface area contributed by atoms with Gasteiger partial charge in [-0.05, 0) is 37.4 Å². The first kappa shape index (κ1) is 19.5. The lowest BCUT2D eigenvalue weighted by atomic mass is 10.1. The van der Waals surface area contributed by atoms with Crippen molar-refractivity contribution in [2.45, 2.75) is 6.04 Å². The molecule has 0 radical (unpaired) electrons. The van der Waals surface area contributed by atoms with Crippen molar-refractivity contribution in [3.8, 4) is 11.6 Å². The smallest absolute Gasteiger partial charge is 0.238 e. The zero-order chi connectivity index (χ0) is 21.2. The maximum atomic E-state index is 6.40. The highest BCUT2D eigenvalue weighted by atomic mass is 35.5. The molecular formula is C22H20ClN7O. The van der Waals surface area contributed by atoms with Crippen LogP contribution >= 0.6 is 11.6 Å². The summed E-state index contributed by atoms with van der Waals surface area (Å²) in [5, 5.41) is 6.91. The first-order valence-corrected chi connectivity index (χ1v) is 10.3. The largest absolute Gasteiger partial charge is 0.438 e. The van der Waals surface area contributed by atoms with Gasteiger partial charge in [0.05, 0.1) is 17.4 Å². The van der Waals surface area contributed by atoms with Crippen molar-refractivity contribution in [1.82, 2.24) is 25.3 Å². The van der Waals surface area contributed by atoms with Crippen LogP contribution in [0.2, 0.25) is 5.02 Å². The van der Waals surface area contributed by atoms with Crippen molar-refractivity contribution < 1.29 is 4.74 Å². The number of para-hydroxylation sites is 1. The van der Waals surface area contributed by atoms with Crippen LogP contribution in [-0.4, -0.2) is 46.1 Å². The SMILES string of the molecule is CNC1CN(c2ccc3ncnc(Nc4cnc(Oc5ccccc5)c(Cl)c4)c3n2)C1. The van der Waals surface area contributed by atoms with Gasteiger partial charge in [-0.25, -0.2) is 19.9 Å². The van der Waals surface area contributed by atoms with Crippen LogP contribution in [-0.2, 0) is 0 Å². The fraction of sp³-hybridized carbons (Fsp3) is 0.182. The molecule has 5 rings (SSSR count). The fourth-order valence-corrected chi connectivity index (χ4v) is 3.56. The summed E-state index contributed by atoms with van der Waals surface area (Å²) in [5.74, 6) is 2.50. The first-order chi connectivity index (χ1) is 15.2. The summed E-state index contributed by atoms with van der Waals surface area (Å²) >= 11 is 6.40. The quantitative estimate of drug-likeness (QED) is 0.471. The Labute approximate surface area is 184 Å². The molecule has 8 nitrogen and oxygen atoms in total. The molecule has 1 aliphatic rings. The summed E-state index contributed by atoms with van der Waals surface area (Å²) in [7, 11) is 1.97. The number of ether oxygens (including phenoxy) is 1. The van der Waals surface area contributed by atoms with E-state index in [1.54, 1.807) is 12.3 Å². The van der Waals surface area contributed by atoms with Crippen LogP contribution in [0.25, 0.3) is 11.0 Å². The second kappa shape index (κ2) is 8.33. The van der Waals surface area contributed by atoms with Gasteiger partial charge in [-0.3, -0.25) is 0 Å². The summed E-state index contributed by atoms with van der Waals surface area (Å²) in [6, 6.07) is 15.6. The molecule has 1 fully saturated rings. The molecule has 0 saturated carbocycles. The number of nitrogens with one attached hydrogen (secondary N) is 2. The minimum Gasteiger partial charge on any atom is -0.438 e. The number of fused-ring (bicyclic) bond motifs is 1. The molecule has 0 amide bonds. The highest BCUT2D eigenvalue weighted by Gasteiger charge is 2.26. The summed E-state index contributed by atoms with van der Waals surface area (Å²) in [5.41, 5.74) is 2.13. The fourth-order valence-electron chi connectivity index (χ4n) is 3.35. The van der Waals surface area contributed by atoms with Gasteiger partial charge in [0.15, 0.2) is 5.82 Å². The molecule has 9 heteroatoms. The molecule has 31 heavy (non-hydrogen) atoms. The Morgan fingerprint density at radius 2 is 1.90 bits per heavy atom. The van der Waals surface area contributed by atoms with E-state index >= 15 is 0 Å². The Morgan fingerprint density at radius 1 is 1.06 bits per heavy atom. The first-order valence-electron chi connectivity index (χ1n) is 9.89. The van der Waals surface area contributed by atoms with Gasteiger partial charge < -0.3 is 20.3 Å². The topological polar surface area (TPSA) is 88.1 Å². The maximum Gasteiger partial charge on any atom is 0.238 e. The van der Waals surface area contributed by atoms with Crippen LogP contribution in [0.15, 0.2) is 61.1 Å². The average Bonchev–Trinajstić information content (AvgIpc) is 2.76. The zero-order valence-electron chi connectivity index (χ0n) is 16.8. The number of pyridine rings is 2. The van der Waals surface area contributed by atoms with E-state index in [2.05, 4.69) is 30.5 Å². The van der Waals surface area contributed by atoms with Gasteiger partial charge in [0.2, 0.25) is 5.88 Å². The van der Waals surface area contributed by atoms with E-state index in [1.807, 2.05) is 49.5 Å². The van der Waals surface area contributed by atoms with E-state index in [1.165, 1.54) is 6.33 Å². The molecule has 1 aromatic carbocycles. The van der Waals surface area contributed by atoms with Gasteiger partial charge in [0.1, 0.15) is 28.4 Å². The Kier molecular flexibility index (Phi) is 5.23. The van der Waals surface area contributed by atoms with Crippen molar-refractivity contribution in [1.29, 1.82) is 0 Å². The minimum absolute atomic E-state index is 0.336. The predicted octanol–water partition coefficient (Wildman–Crippen LogP) is 4.02. The van der Waals surface area contributed by atoms with Gasteiger partial charge >= 0.3 is 0 Å². The number of likely N-dealkylation sites (N-methyl/N-ethyl adjacent to an activating group) is 1. The molecule has 1 aliphatic heterocycles. The molecule has 4 aromatic rings. The number of nitrogens with zero attached hydrogens (tertiary/aromatic N) is 5. The molecular weight excluding hydrogens is 414 g/mol. The van der Waals surface area contributed by atoms with Crippen LogP contribution < -0.4 is 20.3 Å². The molecule has 3 aromatic heterocycles. The van der Waals surface area contributed by atoms with Crippen LogP contribution in [0.4, 0.5) is 17.3 Å². The highest BCUT2D eigenvalue weighted by Crippen LogP contribution is 2.31. The number of hydrogen-bond acceptors (Lipinski definition) is 8. The molecule has 0 aliphatic carbocycles. The Morgan fingerprint density at radius 3 is 2.68 bits per heavy atom. The van der Waals surface area contributed by atoms with Crippen molar-refractivity contribution in [3.63, 3.8) is 0 Å². The predicted molar refractivity (Wildman–Crippen MR) is 121 cm³/mol. The van der Waals surface area contributed by atoms with E-state index in [4.69, 9.17) is 21.3 Å². The van der Waals surface area contributed by atoms with Crippen molar-refractivity contribution in [2.75, 3.05) is 30.4 Å². The van der Waals surface area contributed by atoms with Crippen LogP contribution in [0.5, 0.6) is 11.6 Å². The minimum atomic E-state index is 0.336. The Hall–Kier alpha value is -3.49. The number of hydrogen-bond donors (Lipinski definition) is 2. The lowest BCUT2D eigenvalue weighted by Crippen LogP contribution is -2.57. The van der Waals surface area contributed by atoms with Crippen LogP contribution in [0.3, 0.4) is 0 Å². The van der Waals surface area contributed by atoms with Crippen molar-refractivity contribution >= 4 is 40.0 Å². The third-order valence-corrected chi connectivity index (χ3v) is 5.38. The zero-order valence-corrected chi connectivity index (χ0v) is 17.5. The van der Waals surface area contributed by atoms with Crippen LogP contribution in [0, 0.1) is 0 Å². The molecule has 0 bridgehead atoms. The van der Waals surface area contributed by atoms with Gasteiger partial charge in [-0.1, -0.05) is 29.8 Å². The van der Waals surface area contributed by atoms with Gasteiger partial charge in [-0.2, -0.15) is 0 Å². The van der Waals surface area contributed by atoms with E-state index < -0.39 is 0 Å². The second-order valence-corrected chi connectivity index (χ2v) is 7.61. The summed E-state index contributed by atoms with van der Waals surface area (Å²) in [4.78, 5) is 20.1. The molecule has 2 N–H and O–H groups in total. The maximum absolute atomic E-state index is 6.40. The molecule has 1 saturated heterocycles. The third-order valence-electron chi connectivity index (χ3n) is 5.11. The third kappa shape index (κ3) is 4.08.